The zero-order valence-electron chi connectivity index (χ0n) is 19.1. The Balaban J connectivity index is 1.66. The molecule has 1 aliphatic carbocycles. The molecule has 1 saturated carbocycles. The Labute approximate surface area is 192 Å². The Bertz CT molecular complexity index is 1050. The van der Waals surface area contributed by atoms with Crippen LogP contribution < -0.4 is 0 Å². The zero-order chi connectivity index (χ0) is 24.0. The van der Waals surface area contributed by atoms with Crippen molar-refractivity contribution in [2.45, 2.75) is 58.4 Å². The van der Waals surface area contributed by atoms with E-state index >= 15 is 0 Å². The molecule has 2 aromatic rings. The Hall–Kier alpha value is -2.67. The van der Waals surface area contributed by atoms with Crippen LogP contribution in [0.2, 0.25) is 0 Å². The van der Waals surface area contributed by atoms with Gasteiger partial charge in [0.25, 0.3) is 11.6 Å². The van der Waals surface area contributed by atoms with Crippen LogP contribution in [0.4, 0.5) is 13.2 Å². The number of hydrazone groups is 1. The largest absolute Gasteiger partial charge is 0.439 e. The van der Waals surface area contributed by atoms with Crippen molar-refractivity contribution in [2.24, 2.45) is 22.4 Å². The first-order valence-electron chi connectivity index (χ1n) is 11.4. The first-order valence-corrected chi connectivity index (χ1v) is 11.4. The highest BCUT2D eigenvalue weighted by atomic mass is 19.4. The highest BCUT2D eigenvalue weighted by Crippen LogP contribution is 2.52. The predicted molar refractivity (Wildman–Crippen MR) is 121 cm³/mol. The van der Waals surface area contributed by atoms with E-state index in [-0.39, 0.29) is 34.0 Å². The van der Waals surface area contributed by atoms with Crippen molar-refractivity contribution in [3.63, 3.8) is 0 Å². The lowest BCUT2D eigenvalue weighted by molar-refractivity contribution is -0.314. The minimum Gasteiger partial charge on any atom is -0.362 e. The van der Waals surface area contributed by atoms with E-state index in [4.69, 9.17) is 0 Å². The third kappa shape index (κ3) is 3.97. The van der Waals surface area contributed by atoms with Crippen LogP contribution in [0.1, 0.15) is 56.8 Å². The summed E-state index contributed by atoms with van der Waals surface area (Å²) < 4.78 is 42.9. The van der Waals surface area contributed by atoms with E-state index in [2.05, 4.69) is 5.10 Å². The van der Waals surface area contributed by atoms with Gasteiger partial charge in [-0.15, -0.1) is 0 Å². The fraction of sp³-hybridized carbons (Fsp3) is 0.462. The van der Waals surface area contributed by atoms with Gasteiger partial charge in [-0.25, -0.2) is 0 Å². The first-order chi connectivity index (χ1) is 15.5. The summed E-state index contributed by atoms with van der Waals surface area (Å²) in [6.45, 7) is 6.10. The lowest BCUT2D eigenvalue weighted by atomic mass is 9.64. The summed E-state index contributed by atoms with van der Waals surface area (Å²) in [6.07, 6.45) is -3.04. The summed E-state index contributed by atoms with van der Waals surface area (Å²) in [5.41, 5.74) is -1.44. The predicted octanol–water partition coefficient (Wildman–Crippen LogP) is 6.27. The van der Waals surface area contributed by atoms with Crippen molar-refractivity contribution in [1.29, 1.82) is 0 Å². The van der Waals surface area contributed by atoms with Crippen molar-refractivity contribution >= 4 is 11.6 Å². The molecule has 4 rings (SSSR count). The van der Waals surface area contributed by atoms with Gasteiger partial charge < -0.3 is 5.11 Å². The number of fused-ring (bicyclic) bond motifs is 1. The van der Waals surface area contributed by atoms with Gasteiger partial charge in [0.15, 0.2) is 0 Å². The minimum atomic E-state index is -5.04. The standard InChI is InChI=1S/C26H29F3N2O2/c1-4-24(2,3)20-14-15-22-21(16-20)25(33,26(27,28)29)31(30-22)23(32)19-12-10-18(11-13-19)17-8-6-5-7-9-17/h5-13,20-21,33H,4,14-16H2,1-3H3/t20-,21-,25-/m1/s1. The van der Waals surface area contributed by atoms with Gasteiger partial charge in [0.1, 0.15) is 0 Å². The molecule has 1 heterocycles. The molecule has 176 valence electrons. The van der Waals surface area contributed by atoms with Gasteiger partial charge in [-0.2, -0.15) is 23.3 Å². The molecule has 2 aliphatic rings. The number of carbonyl (C=O) groups excluding carboxylic acids is 1. The number of aliphatic hydroxyl groups is 1. The molecule has 33 heavy (non-hydrogen) atoms. The monoisotopic (exact) mass is 458 g/mol. The summed E-state index contributed by atoms with van der Waals surface area (Å²) in [5.74, 6) is -2.21. The molecule has 0 unspecified atom stereocenters. The number of benzene rings is 2. The quantitative estimate of drug-likeness (QED) is 0.587. The molecule has 1 aliphatic heterocycles. The van der Waals surface area contributed by atoms with Crippen molar-refractivity contribution in [3.05, 3.63) is 60.2 Å². The molecule has 0 radical (unpaired) electrons. The van der Waals surface area contributed by atoms with Crippen LogP contribution in [0.5, 0.6) is 0 Å². The Morgan fingerprint density at radius 1 is 1.09 bits per heavy atom. The maximum absolute atomic E-state index is 14.3. The molecule has 4 nitrogen and oxygen atoms in total. The van der Waals surface area contributed by atoms with Crippen LogP contribution in [0.25, 0.3) is 11.1 Å². The normalized spacial score (nSPS) is 25.5. The molecule has 1 fully saturated rings. The average Bonchev–Trinajstić information content (AvgIpc) is 3.12. The third-order valence-electron chi connectivity index (χ3n) is 7.57. The van der Waals surface area contributed by atoms with Gasteiger partial charge in [0, 0.05) is 11.3 Å². The van der Waals surface area contributed by atoms with Gasteiger partial charge >= 0.3 is 6.18 Å². The molecular weight excluding hydrogens is 429 g/mol. The fourth-order valence-electron chi connectivity index (χ4n) is 4.98. The van der Waals surface area contributed by atoms with E-state index in [1.165, 1.54) is 12.1 Å². The second-order valence-corrected chi connectivity index (χ2v) is 9.74. The molecule has 3 atom stereocenters. The summed E-state index contributed by atoms with van der Waals surface area (Å²) in [4.78, 5) is 13.2. The Morgan fingerprint density at radius 3 is 2.27 bits per heavy atom. The molecule has 1 amide bonds. The van der Waals surface area contributed by atoms with Crippen LogP contribution in [0, 0.1) is 17.3 Å². The van der Waals surface area contributed by atoms with E-state index in [1.807, 2.05) is 51.1 Å². The summed E-state index contributed by atoms with van der Waals surface area (Å²) in [6, 6.07) is 15.8. The third-order valence-corrected chi connectivity index (χ3v) is 7.57. The van der Waals surface area contributed by atoms with E-state index in [0.29, 0.717) is 12.8 Å². The second kappa shape index (κ2) is 8.28. The molecule has 0 saturated heterocycles. The number of nitrogens with zero attached hydrogens (tertiary/aromatic N) is 2. The number of alkyl halides is 3. The summed E-state index contributed by atoms with van der Waals surface area (Å²) in [5, 5.41) is 15.4. The van der Waals surface area contributed by atoms with E-state index < -0.39 is 23.7 Å². The fourth-order valence-corrected chi connectivity index (χ4v) is 4.98. The number of hydrogen-bond donors (Lipinski definition) is 1. The molecule has 0 aromatic heterocycles. The molecule has 0 bridgehead atoms. The van der Waals surface area contributed by atoms with Gasteiger partial charge in [-0.1, -0.05) is 69.7 Å². The number of carbonyl (C=O) groups is 1. The highest BCUT2D eigenvalue weighted by molar-refractivity contribution is 5.99. The number of rotatable bonds is 4. The van der Waals surface area contributed by atoms with Gasteiger partial charge in [0.05, 0.1) is 5.92 Å². The van der Waals surface area contributed by atoms with Crippen molar-refractivity contribution in [3.8, 4) is 11.1 Å². The lowest BCUT2D eigenvalue weighted by Crippen LogP contribution is -2.62. The maximum Gasteiger partial charge on any atom is 0.439 e. The van der Waals surface area contributed by atoms with E-state index in [9.17, 15) is 23.1 Å². The molecular formula is C26H29F3N2O2. The second-order valence-electron chi connectivity index (χ2n) is 9.74. The van der Waals surface area contributed by atoms with Gasteiger partial charge in [-0.3, -0.25) is 4.79 Å². The topological polar surface area (TPSA) is 52.9 Å². The lowest BCUT2D eigenvalue weighted by Gasteiger charge is -2.43. The van der Waals surface area contributed by atoms with Gasteiger partial charge in [0.2, 0.25) is 0 Å². The van der Waals surface area contributed by atoms with Crippen LogP contribution in [-0.2, 0) is 0 Å². The Kier molecular flexibility index (Phi) is 5.89. The van der Waals surface area contributed by atoms with Crippen molar-refractivity contribution in [1.82, 2.24) is 5.01 Å². The van der Waals surface area contributed by atoms with Crippen molar-refractivity contribution in [2.75, 3.05) is 0 Å². The van der Waals surface area contributed by atoms with Crippen LogP contribution in [-0.4, -0.2) is 33.6 Å². The number of halogens is 3. The maximum atomic E-state index is 14.3. The zero-order valence-corrected chi connectivity index (χ0v) is 19.1. The molecule has 0 spiro atoms. The average molecular weight is 459 g/mol. The highest BCUT2D eigenvalue weighted by Gasteiger charge is 2.69. The van der Waals surface area contributed by atoms with Crippen LogP contribution >= 0.6 is 0 Å². The molecule has 7 heteroatoms. The van der Waals surface area contributed by atoms with E-state index in [0.717, 1.165) is 17.5 Å². The smallest absolute Gasteiger partial charge is 0.362 e. The summed E-state index contributed by atoms with van der Waals surface area (Å²) in [7, 11) is 0. The van der Waals surface area contributed by atoms with Crippen molar-refractivity contribution < 1.29 is 23.1 Å². The molecule has 1 N–H and O–H groups in total. The number of hydrogen-bond acceptors (Lipinski definition) is 3. The van der Waals surface area contributed by atoms with Gasteiger partial charge in [-0.05, 0) is 53.9 Å². The van der Waals surface area contributed by atoms with Crippen LogP contribution in [0.3, 0.4) is 0 Å². The summed E-state index contributed by atoms with van der Waals surface area (Å²) >= 11 is 0. The number of amides is 1. The Morgan fingerprint density at radius 2 is 1.70 bits per heavy atom. The van der Waals surface area contributed by atoms with E-state index in [1.54, 1.807) is 12.1 Å². The van der Waals surface area contributed by atoms with Crippen LogP contribution in [0.15, 0.2) is 59.7 Å². The molecule has 2 aromatic carbocycles. The first kappa shape index (κ1) is 23.5. The minimum absolute atomic E-state index is 0.000493. The SMILES string of the molecule is CCC(C)(C)[C@@H]1CCC2=NN(C(=O)c3ccc(-c4ccccc4)cc3)[C@](O)(C(F)(F)F)[C@@H]2C1.